The first-order valence-electron chi connectivity index (χ1n) is 7.52. The lowest BCUT2D eigenvalue weighted by atomic mass is 9.97. The standard InChI is InChI=1S/C16H25N5O/c1-16(2,7-6-8-20(3)4)19-15(22)12-9-17-10-13-14(12)21(5)11-18-13/h9-11H,6-8H2,1-5H3,(H,19,22). The predicted octanol–water partition coefficient (Wildman–Crippen LogP) is 1.82. The minimum Gasteiger partial charge on any atom is -0.347 e. The minimum absolute atomic E-state index is 0.100. The van der Waals surface area contributed by atoms with Crippen molar-refractivity contribution >= 4 is 16.9 Å². The van der Waals surface area contributed by atoms with Gasteiger partial charge in [0.2, 0.25) is 0 Å². The van der Waals surface area contributed by atoms with E-state index in [1.807, 2.05) is 11.6 Å². The Morgan fingerprint density at radius 2 is 2.09 bits per heavy atom. The van der Waals surface area contributed by atoms with Gasteiger partial charge in [-0.1, -0.05) is 0 Å². The topological polar surface area (TPSA) is 63.1 Å². The zero-order valence-electron chi connectivity index (χ0n) is 14.1. The zero-order chi connectivity index (χ0) is 16.3. The lowest BCUT2D eigenvalue weighted by Crippen LogP contribution is -2.43. The Kier molecular flexibility index (Phi) is 4.81. The van der Waals surface area contributed by atoms with Crippen molar-refractivity contribution in [1.29, 1.82) is 0 Å². The van der Waals surface area contributed by atoms with Gasteiger partial charge in [-0.15, -0.1) is 0 Å². The number of nitrogens with one attached hydrogen (secondary N) is 1. The van der Waals surface area contributed by atoms with Gasteiger partial charge in [0.15, 0.2) is 0 Å². The van der Waals surface area contributed by atoms with Crippen LogP contribution in [-0.4, -0.2) is 51.5 Å². The first-order valence-corrected chi connectivity index (χ1v) is 7.52. The van der Waals surface area contributed by atoms with E-state index in [0.29, 0.717) is 5.56 Å². The molecule has 1 N–H and O–H groups in total. The Labute approximate surface area is 131 Å². The second-order valence-electron chi connectivity index (χ2n) is 6.66. The highest BCUT2D eigenvalue weighted by atomic mass is 16.1. The quantitative estimate of drug-likeness (QED) is 0.884. The Morgan fingerprint density at radius 1 is 1.36 bits per heavy atom. The van der Waals surface area contributed by atoms with E-state index in [1.54, 1.807) is 18.7 Å². The molecule has 0 fully saturated rings. The Bertz CT molecular complexity index is 660. The monoisotopic (exact) mass is 303 g/mol. The number of hydrogen-bond acceptors (Lipinski definition) is 4. The van der Waals surface area contributed by atoms with Crippen LogP contribution in [0.25, 0.3) is 11.0 Å². The van der Waals surface area contributed by atoms with Crippen LogP contribution < -0.4 is 5.32 Å². The molecule has 0 spiro atoms. The zero-order valence-corrected chi connectivity index (χ0v) is 14.1. The van der Waals surface area contributed by atoms with Gasteiger partial charge < -0.3 is 14.8 Å². The van der Waals surface area contributed by atoms with Gasteiger partial charge in [0.1, 0.15) is 5.52 Å². The molecule has 6 nitrogen and oxygen atoms in total. The first kappa shape index (κ1) is 16.4. The van der Waals surface area contributed by atoms with Gasteiger partial charge in [0.25, 0.3) is 5.91 Å². The van der Waals surface area contributed by atoms with Crippen molar-refractivity contribution in [2.24, 2.45) is 7.05 Å². The van der Waals surface area contributed by atoms with E-state index in [2.05, 4.69) is 48.1 Å². The van der Waals surface area contributed by atoms with Gasteiger partial charge in [0.05, 0.1) is 23.6 Å². The summed E-state index contributed by atoms with van der Waals surface area (Å²) >= 11 is 0. The lowest BCUT2D eigenvalue weighted by molar-refractivity contribution is 0.0908. The van der Waals surface area contributed by atoms with E-state index < -0.39 is 0 Å². The number of aromatic nitrogens is 3. The predicted molar refractivity (Wildman–Crippen MR) is 87.8 cm³/mol. The van der Waals surface area contributed by atoms with Crippen molar-refractivity contribution in [2.45, 2.75) is 32.2 Å². The molecular formula is C16H25N5O. The molecule has 0 unspecified atom stereocenters. The van der Waals surface area contributed by atoms with E-state index >= 15 is 0 Å². The molecule has 0 radical (unpaired) electrons. The third-order valence-corrected chi connectivity index (χ3v) is 3.72. The molecule has 0 aliphatic heterocycles. The fraction of sp³-hybridized carbons (Fsp3) is 0.562. The van der Waals surface area contributed by atoms with E-state index in [-0.39, 0.29) is 11.4 Å². The summed E-state index contributed by atoms with van der Waals surface area (Å²) in [5, 5.41) is 3.12. The molecule has 0 bridgehead atoms. The molecule has 1 amide bonds. The largest absolute Gasteiger partial charge is 0.347 e. The van der Waals surface area contributed by atoms with Gasteiger partial charge in [-0.2, -0.15) is 0 Å². The lowest BCUT2D eigenvalue weighted by Gasteiger charge is -2.27. The van der Waals surface area contributed by atoms with Gasteiger partial charge in [0, 0.05) is 18.8 Å². The molecule has 2 aromatic heterocycles. The van der Waals surface area contributed by atoms with Gasteiger partial charge in [-0.25, -0.2) is 4.98 Å². The smallest absolute Gasteiger partial charge is 0.255 e. The summed E-state index contributed by atoms with van der Waals surface area (Å²) in [4.78, 5) is 23.1. The van der Waals surface area contributed by atoms with Crippen LogP contribution in [0.2, 0.25) is 0 Å². The van der Waals surface area contributed by atoms with Crippen LogP contribution in [0.5, 0.6) is 0 Å². The molecule has 22 heavy (non-hydrogen) atoms. The van der Waals surface area contributed by atoms with Crippen molar-refractivity contribution in [3.63, 3.8) is 0 Å². The summed E-state index contributed by atoms with van der Waals surface area (Å²) < 4.78 is 1.85. The molecule has 120 valence electrons. The average molecular weight is 303 g/mol. The normalized spacial score (nSPS) is 12.1. The molecule has 6 heteroatoms. The number of fused-ring (bicyclic) bond motifs is 1. The molecule has 0 aliphatic carbocycles. The van der Waals surface area contributed by atoms with Crippen molar-refractivity contribution in [3.8, 4) is 0 Å². The maximum atomic E-state index is 12.6. The van der Waals surface area contributed by atoms with Gasteiger partial charge in [-0.05, 0) is 47.3 Å². The number of nitrogens with zero attached hydrogens (tertiary/aromatic N) is 4. The summed E-state index contributed by atoms with van der Waals surface area (Å²) in [6, 6.07) is 0. The SMILES string of the molecule is CN(C)CCCC(C)(C)NC(=O)c1cncc2ncn(C)c12. The van der Waals surface area contributed by atoms with Crippen LogP contribution >= 0.6 is 0 Å². The van der Waals surface area contributed by atoms with E-state index in [1.165, 1.54) is 0 Å². The van der Waals surface area contributed by atoms with Gasteiger partial charge in [-0.3, -0.25) is 9.78 Å². The maximum absolute atomic E-state index is 12.6. The number of aryl methyl sites for hydroxylation is 1. The number of hydrogen-bond donors (Lipinski definition) is 1. The van der Waals surface area contributed by atoms with Crippen LogP contribution in [0.4, 0.5) is 0 Å². The molecule has 2 aromatic rings. The van der Waals surface area contributed by atoms with Crippen molar-refractivity contribution in [1.82, 2.24) is 24.8 Å². The number of carbonyl (C=O) groups is 1. The van der Waals surface area contributed by atoms with Gasteiger partial charge >= 0.3 is 0 Å². The molecule has 0 aliphatic rings. The third kappa shape index (κ3) is 3.82. The molecule has 2 rings (SSSR count). The Balaban J connectivity index is 2.12. The van der Waals surface area contributed by atoms with Crippen LogP contribution in [0.3, 0.4) is 0 Å². The van der Waals surface area contributed by atoms with Crippen molar-refractivity contribution in [3.05, 3.63) is 24.3 Å². The molecule has 0 aromatic carbocycles. The Hall–Kier alpha value is -1.95. The van der Waals surface area contributed by atoms with Crippen LogP contribution in [0, 0.1) is 0 Å². The maximum Gasteiger partial charge on any atom is 0.255 e. The molecule has 2 heterocycles. The third-order valence-electron chi connectivity index (χ3n) is 3.72. The first-order chi connectivity index (χ1) is 10.3. The second-order valence-corrected chi connectivity index (χ2v) is 6.66. The van der Waals surface area contributed by atoms with Crippen LogP contribution in [0.1, 0.15) is 37.0 Å². The molecule has 0 saturated carbocycles. The van der Waals surface area contributed by atoms with E-state index in [9.17, 15) is 4.79 Å². The summed E-state index contributed by atoms with van der Waals surface area (Å²) in [6.07, 6.45) is 6.94. The summed E-state index contributed by atoms with van der Waals surface area (Å²) in [5.41, 5.74) is 1.86. The van der Waals surface area contributed by atoms with Crippen LogP contribution in [0.15, 0.2) is 18.7 Å². The molecule has 0 atom stereocenters. The fourth-order valence-electron chi connectivity index (χ4n) is 2.55. The highest BCUT2D eigenvalue weighted by molar-refractivity contribution is 6.04. The summed E-state index contributed by atoms with van der Waals surface area (Å²) in [7, 11) is 6.00. The highest BCUT2D eigenvalue weighted by Gasteiger charge is 2.23. The molecular weight excluding hydrogens is 278 g/mol. The second kappa shape index (κ2) is 6.44. The average Bonchev–Trinajstić information content (AvgIpc) is 2.79. The number of amides is 1. The number of rotatable bonds is 6. The molecule has 0 saturated heterocycles. The number of imidazole rings is 1. The number of pyridine rings is 1. The van der Waals surface area contributed by atoms with Crippen molar-refractivity contribution in [2.75, 3.05) is 20.6 Å². The highest BCUT2D eigenvalue weighted by Crippen LogP contribution is 2.18. The van der Waals surface area contributed by atoms with Crippen molar-refractivity contribution < 1.29 is 4.79 Å². The van der Waals surface area contributed by atoms with Crippen LogP contribution in [-0.2, 0) is 7.05 Å². The Morgan fingerprint density at radius 3 is 2.77 bits per heavy atom. The van der Waals surface area contributed by atoms with E-state index in [0.717, 1.165) is 30.4 Å². The minimum atomic E-state index is -0.256. The summed E-state index contributed by atoms with van der Waals surface area (Å²) in [5.74, 6) is -0.100. The van der Waals surface area contributed by atoms with E-state index in [4.69, 9.17) is 0 Å². The summed E-state index contributed by atoms with van der Waals surface area (Å²) in [6.45, 7) is 5.12. The fourth-order valence-corrected chi connectivity index (χ4v) is 2.55. The number of carbonyl (C=O) groups excluding carboxylic acids is 1.